The van der Waals surface area contributed by atoms with Crippen LogP contribution in [0.15, 0.2) is 83.8 Å². The molecular formula is C29H34ClN3O4S. The molecule has 0 heterocycles. The van der Waals surface area contributed by atoms with Crippen molar-refractivity contribution in [1.82, 2.24) is 10.2 Å². The van der Waals surface area contributed by atoms with Crippen molar-refractivity contribution in [2.24, 2.45) is 0 Å². The third-order valence-electron chi connectivity index (χ3n) is 6.40. The normalized spacial score (nSPS) is 12.9. The Balaban J connectivity index is 2.03. The molecule has 0 unspecified atom stereocenters. The smallest absolute Gasteiger partial charge is 0.264 e. The molecule has 2 amide bonds. The number of hydrogen-bond acceptors (Lipinski definition) is 4. The highest BCUT2D eigenvalue weighted by Gasteiger charge is 2.33. The summed E-state index contributed by atoms with van der Waals surface area (Å²) in [7, 11) is -4.09. The van der Waals surface area contributed by atoms with Crippen molar-refractivity contribution < 1.29 is 18.0 Å². The van der Waals surface area contributed by atoms with E-state index in [0.717, 1.165) is 16.3 Å². The number of anilines is 1. The van der Waals surface area contributed by atoms with Gasteiger partial charge in [0.25, 0.3) is 10.0 Å². The third kappa shape index (κ3) is 7.14. The Morgan fingerprint density at radius 1 is 0.947 bits per heavy atom. The summed E-state index contributed by atoms with van der Waals surface area (Å²) in [6, 6.07) is 21.1. The number of carbonyl (C=O) groups excluding carboxylic acids is 2. The van der Waals surface area contributed by atoms with E-state index in [4.69, 9.17) is 11.6 Å². The molecule has 3 aromatic rings. The topological polar surface area (TPSA) is 86.8 Å². The van der Waals surface area contributed by atoms with E-state index in [9.17, 15) is 18.0 Å². The van der Waals surface area contributed by atoms with Crippen LogP contribution in [0, 0.1) is 6.92 Å². The summed E-state index contributed by atoms with van der Waals surface area (Å²) in [4.78, 5) is 28.5. The molecule has 3 aromatic carbocycles. The van der Waals surface area contributed by atoms with Crippen molar-refractivity contribution in [2.45, 2.75) is 57.6 Å². The zero-order valence-corrected chi connectivity index (χ0v) is 23.7. The minimum absolute atomic E-state index is 0.0695. The molecule has 1 N–H and O–H groups in total. The van der Waals surface area contributed by atoms with Crippen LogP contribution >= 0.6 is 11.6 Å². The Labute approximate surface area is 230 Å². The summed E-state index contributed by atoms with van der Waals surface area (Å²) >= 11 is 6.18. The standard InChI is InChI=1S/C29H34ClN3O4S/c1-5-22(3)31-29(35)23(4)32(19-24-13-11-14-25(30)18-24)28(34)20-33(27-17-10-9-12-21(27)2)38(36,37)26-15-7-6-8-16-26/h6-18,22-23H,5,19-20H2,1-4H3,(H,31,35)/t22-,23-/m1/s1. The molecule has 3 rings (SSSR count). The van der Waals surface area contributed by atoms with Gasteiger partial charge >= 0.3 is 0 Å². The predicted octanol–water partition coefficient (Wildman–Crippen LogP) is 5.18. The van der Waals surface area contributed by atoms with Crippen molar-refractivity contribution in [2.75, 3.05) is 10.8 Å². The molecule has 38 heavy (non-hydrogen) atoms. The molecule has 0 bridgehead atoms. The van der Waals surface area contributed by atoms with Crippen molar-refractivity contribution in [3.8, 4) is 0 Å². The second-order valence-electron chi connectivity index (χ2n) is 9.26. The van der Waals surface area contributed by atoms with Gasteiger partial charge in [-0.2, -0.15) is 0 Å². The second-order valence-corrected chi connectivity index (χ2v) is 11.6. The molecule has 0 aliphatic carbocycles. The average Bonchev–Trinajstić information content (AvgIpc) is 2.90. The van der Waals surface area contributed by atoms with Gasteiger partial charge in [-0.15, -0.1) is 0 Å². The van der Waals surface area contributed by atoms with Crippen molar-refractivity contribution in [3.05, 3.63) is 95.0 Å². The first-order valence-electron chi connectivity index (χ1n) is 12.5. The molecule has 0 fully saturated rings. The first-order chi connectivity index (χ1) is 18.0. The number of carbonyl (C=O) groups is 2. The summed E-state index contributed by atoms with van der Waals surface area (Å²) in [5.41, 5.74) is 1.82. The number of para-hydroxylation sites is 1. The first-order valence-corrected chi connectivity index (χ1v) is 14.3. The predicted molar refractivity (Wildman–Crippen MR) is 152 cm³/mol. The van der Waals surface area contributed by atoms with E-state index < -0.39 is 28.5 Å². The van der Waals surface area contributed by atoms with Gasteiger partial charge in [-0.3, -0.25) is 13.9 Å². The number of nitrogens with one attached hydrogen (secondary N) is 1. The molecule has 0 aliphatic heterocycles. The van der Waals surface area contributed by atoms with Crippen LogP contribution in [0.1, 0.15) is 38.3 Å². The third-order valence-corrected chi connectivity index (χ3v) is 8.41. The van der Waals surface area contributed by atoms with Gasteiger partial charge in [0.2, 0.25) is 11.8 Å². The molecule has 0 aromatic heterocycles. The maximum Gasteiger partial charge on any atom is 0.264 e. The molecule has 0 radical (unpaired) electrons. The number of nitrogens with zero attached hydrogens (tertiary/aromatic N) is 2. The summed E-state index contributed by atoms with van der Waals surface area (Å²) in [6.07, 6.45) is 0.733. The second kappa shape index (κ2) is 12.9. The van der Waals surface area contributed by atoms with Gasteiger partial charge in [-0.1, -0.05) is 67.1 Å². The molecular weight excluding hydrogens is 522 g/mol. The zero-order valence-electron chi connectivity index (χ0n) is 22.1. The fourth-order valence-electron chi connectivity index (χ4n) is 3.96. The summed E-state index contributed by atoms with van der Waals surface area (Å²) < 4.78 is 28.7. The minimum atomic E-state index is -4.09. The maximum absolute atomic E-state index is 13.9. The SMILES string of the molecule is CC[C@@H](C)NC(=O)[C@@H](C)N(Cc1cccc(Cl)c1)C(=O)CN(c1ccccc1C)S(=O)(=O)c1ccccc1. The number of sulfonamides is 1. The Morgan fingerprint density at radius 3 is 2.24 bits per heavy atom. The molecule has 0 saturated heterocycles. The molecule has 0 spiro atoms. The van der Waals surface area contributed by atoms with Crippen LogP contribution in [0.4, 0.5) is 5.69 Å². The summed E-state index contributed by atoms with van der Waals surface area (Å²) in [5.74, 6) is -0.831. The molecule has 202 valence electrons. The van der Waals surface area contributed by atoms with E-state index >= 15 is 0 Å². The molecule has 9 heteroatoms. The van der Waals surface area contributed by atoms with Crippen LogP contribution in [0.3, 0.4) is 0 Å². The van der Waals surface area contributed by atoms with Crippen LogP contribution in [-0.4, -0.2) is 43.8 Å². The van der Waals surface area contributed by atoms with Crippen LogP contribution < -0.4 is 9.62 Å². The highest BCUT2D eigenvalue weighted by molar-refractivity contribution is 7.92. The Bertz CT molecular complexity index is 1370. The van der Waals surface area contributed by atoms with Crippen LogP contribution in [0.25, 0.3) is 0 Å². The summed E-state index contributed by atoms with van der Waals surface area (Å²) in [6.45, 7) is 6.88. The van der Waals surface area contributed by atoms with E-state index in [1.165, 1.54) is 17.0 Å². The Kier molecular flexibility index (Phi) is 9.94. The van der Waals surface area contributed by atoms with Crippen molar-refractivity contribution in [3.63, 3.8) is 0 Å². The summed E-state index contributed by atoms with van der Waals surface area (Å²) in [5, 5.41) is 3.42. The number of rotatable bonds is 11. The van der Waals surface area contributed by atoms with Gasteiger partial charge in [0, 0.05) is 17.6 Å². The van der Waals surface area contributed by atoms with Gasteiger partial charge in [0.1, 0.15) is 12.6 Å². The van der Waals surface area contributed by atoms with Gasteiger partial charge in [-0.05, 0) is 68.7 Å². The number of amides is 2. The number of aryl methyl sites for hydroxylation is 1. The van der Waals surface area contributed by atoms with E-state index in [1.807, 2.05) is 19.9 Å². The maximum atomic E-state index is 13.9. The van der Waals surface area contributed by atoms with E-state index in [2.05, 4.69) is 5.32 Å². The van der Waals surface area contributed by atoms with E-state index in [0.29, 0.717) is 16.3 Å². The lowest BCUT2D eigenvalue weighted by Crippen LogP contribution is -2.52. The lowest BCUT2D eigenvalue weighted by molar-refractivity contribution is -0.139. The van der Waals surface area contributed by atoms with Crippen LogP contribution in [0.2, 0.25) is 5.02 Å². The lowest BCUT2D eigenvalue weighted by Gasteiger charge is -2.33. The number of hydrogen-bond donors (Lipinski definition) is 1. The molecule has 2 atom stereocenters. The molecule has 0 aliphatic rings. The fourth-order valence-corrected chi connectivity index (χ4v) is 5.67. The highest BCUT2D eigenvalue weighted by atomic mass is 35.5. The lowest BCUT2D eigenvalue weighted by atomic mass is 10.1. The van der Waals surface area contributed by atoms with Gasteiger partial charge in [0.05, 0.1) is 10.6 Å². The number of halogens is 1. The monoisotopic (exact) mass is 555 g/mol. The van der Waals surface area contributed by atoms with E-state index in [-0.39, 0.29) is 23.4 Å². The van der Waals surface area contributed by atoms with Crippen molar-refractivity contribution >= 4 is 39.1 Å². The number of benzene rings is 3. The Morgan fingerprint density at radius 2 is 1.61 bits per heavy atom. The quantitative estimate of drug-likeness (QED) is 0.353. The van der Waals surface area contributed by atoms with E-state index in [1.54, 1.807) is 74.5 Å². The van der Waals surface area contributed by atoms with Crippen LogP contribution in [-0.2, 0) is 26.2 Å². The van der Waals surface area contributed by atoms with Gasteiger partial charge < -0.3 is 10.2 Å². The largest absolute Gasteiger partial charge is 0.352 e. The molecule has 0 saturated carbocycles. The average molecular weight is 556 g/mol. The Hall–Kier alpha value is -3.36. The highest BCUT2D eigenvalue weighted by Crippen LogP contribution is 2.27. The first kappa shape index (κ1) is 29.2. The zero-order chi connectivity index (χ0) is 27.9. The fraction of sp³-hybridized carbons (Fsp3) is 0.310. The molecule has 7 nitrogen and oxygen atoms in total. The van der Waals surface area contributed by atoms with Gasteiger partial charge in [-0.25, -0.2) is 8.42 Å². The van der Waals surface area contributed by atoms with Gasteiger partial charge in [0.15, 0.2) is 0 Å². The minimum Gasteiger partial charge on any atom is -0.352 e. The van der Waals surface area contributed by atoms with Crippen molar-refractivity contribution in [1.29, 1.82) is 0 Å². The van der Waals surface area contributed by atoms with Crippen LogP contribution in [0.5, 0.6) is 0 Å².